The summed E-state index contributed by atoms with van der Waals surface area (Å²) in [5, 5.41) is 0. The van der Waals surface area contributed by atoms with Gasteiger partial charge in [0.05, 0.1) is 13.7 Å². The van der Waals surface area contributed by atoms with Crippen LogP contribution in [0.2, 0.25) is 0 Å². The summed E-state index contributed by atoms with van der Waals surface area (Å²) in [4.78, 5) is 2.53. The Morgan fingerprint density at radius 3 is 2.95 bits per heavy atom. The summed E-state index contributed by atoms with van der Waals surface area (Å²) < 4.78 is 11.3. The molecule has 2 aliphatic heterocycles. The van der Waals surface area contributed by atoms with Crippen molar-refractivity contribution in [3.8, 4) is 0 Å². The van der Waals surface area contributed by atoms with Gasteiger partial charge in [0.25, 0.3) is 0 Å². The topological polar surface area (TPSA) is 21.7 Å². The maximum atomic E-state index is 5.98. The molecule has 1 saturated heterocycles. The number of rotatable bonds is 3. The molecule has 2 heterocycles. The van der Waals surface area contributed by atoms with E-state index in [0.29, 0.717) is 5.92 Å². The Bertz CT molecular complexity index is 657. The first kappa shape index (κ1) is 13.6. The number of hydrogen-bond acceptors (Lipinski definition) is 3. The van der Waals surface area contributed by atoms with Crippen molar-refractivity contribution >= 4 is 0 Å². The zero-order valence-electron chi connectivity index (χ0n) is 12.9. The molecule has 1 aliphatic carbocycles. The molecule has 3 heteroatoms. The summed E-state index contributed by atoms with van der Waals surface area (Å²) in [6.07, 6.45) is 5.11. The largest absolute Gasteiger partial charge is 0.497 e. The predicted molar refractivity (Wildman–Crippen MR) is 86.0 cm³/mol. The molecule has 1 fully saturated rings. The summed E-state index contributed by atoms with van der Waals surface area (Å²) in [6.45, 7) is 3.98. The second-order valence-corrected chi connectivity index (χ2v) is 6.19. The van der Waals surface area contributed by atoms with Gasteiger partial charge in [-0.3, -0.25) is 4.90 Å². The third-order valence-electron chi connectivity index (χ3n) is 4.76. The molecule has 1 aromatic carbocycles. The SMILES string of the molecule is COC1=CCC2=C3CN(Cc4ccccc4)CC3COC2=C1. The van der Waals surface area contributed by atoms with Crippen molar-refractivity contribution in [3.05, 3.63) is 70.7 Å². The van der Waals surface area contributed by atoms with Crippen LogP contribution in [0.1, 0.15) is 12.0 Å². The number of fused-ring (bicyclic) bond motifs is 2. The Hall–Kier alpha value is -2.00. The van der Waals surface area contributed by atoms with Crippen LogP contribution in [0.4, 0.5) is 0 Å². The number of hydrogen-bond donors (Lipinski definition) is 0. The van der Waals surface area contributed by atoms with Crippen molar-refractivity contribution < 1.29 is 9.47 Å². The summed E-state index contributed by atoms with van der Waals surface area (Å²) >= 11 is 0. The van der Waals surface area contributed by atoms with E-state index in [0.717, 1.165) is 44.2 Å². The van der Waals surface area contributed by atoms with E-state index in [4.69, 9.17) is 9.47 Å². The fraction of sp³-hybridized carbons (Fsp3) is 0.368. The highest BCUT2D eigenvalue weighted by atomic mass is 16.5. The maximum absolute atomic E-state index is 5.98. The Morgan fingerprint density at radius 1 is 1.27 bits per heavy atom. The Labute approximate surface area is 131 Å². The van der Waals surface area contributed by atoms with Crippen molar-refractivity contribution in [3.63, 3.8) is 0 Å². The van der Waals surface area contributed by atoms with Gasteiger partial charge >= 0.3 is 0 Å². The second kappa shape index (κ2) is 5.65. The van der Waals surface area contributed by atoms with Crippen LogP contribution < -0.4 is 0 Å². The van der Waals surface area contributed by atoms with E-state index in [-0.39, 0.29) is 0 Å². The average molecular weight is 295 g/mol. The third-order valence-corrected chi connectivity index (χ3v) is 4.76. The van der Waals surface area contributed by atoms with Gasteiger partial charge in [0.1, 0.15) is 11.5 Å². The smallest absolute Gasteiger partial charge is 0.126 e. The molecule has 0 radical (unpaired) electrons. The van der Waals surface area contributed by atoms with Crippen LogP contribution in [0, 0.1) is 5.92 Å². The molecule has 1 atom stereocenters. The Balaban J connectivity index is 1.54. The van der Waals surface area contributed by atoms with Crippen molar-refractivity contribution in [2.75, 3.05) is 26.8 Å². The number of benzene rings is 1. The predicted octanol–water partition coefficient (Wildman–Crippen LogP) is 3.26. The minimum Gasteiger partial charge on any atom is -0.497 e. The lowest BCUT2D eigenvalue weighted by molar-refractivity contribution is 0.163. The lowest BCUT2D eigenvalue weighted by atomic mass is 9.90. The molecular weight excluding hydrogens is 274 g/mol. The van der Waals surface area contributed by atoms with Gasteiger partial charge in [0, 0.05) is 31.6 Å². The molecule has 114 valence electrons. The van der Waals surface area contributed by atoms with Gasteiger partial charge in [-0.2, -0.15) is 0 Å². The number of likely N-dealkylation sites (tertiary alicyclic amines) is 1. The zero-order valence-corrected chi connectivity index (χ0v) is 12.9. The molecular formula is C19H21NO2. The van der Waals surface area contributed by atoms with E-state index in [9.17, 15) is 0 Å². The normalized spacial score (nSPS) is 24.1. The van der Waals surface area contributed by atoms with Crippen LogP contribution in [0.5, 0.6) is 0 Å². The number of allylic oxidation sites excluding steroid dienone is 3. The van der Waals surface area contributed by atoms with Crippen molar-refractivity contribution in [1.82, 2.24) is 4.90 Å². The molecule has 3 nitrogen and oxygen atoms in total. The van der Waals surface area contributed by atoms with Crippen LogP contribution in [-0.2, 0) is 16.0 Å². The molecule has 1 aromatic rings. The zero-order chi connectivity index (χ0) is 14.9. The van der Waals surface area contributed by atoms with Crippen LogP contribution in [0.3, 0.4) is 0 Å². The number of ether oxygens (including phenoxy) is 2. The number of methoxy groups -OCH3 is 1. The van der Waals surface area contributed by atoms with E-state index in [2.05, 4.69) is 41.3 Å². The molecule has 0 N–H and O–H groups in total. The maximum Gasteiger partial charge on any atom is 0.126 e. The van der Waals surface area contributed by atoms with Crippen molar-refractivity contribution in [2.45, 2.75) is 13.0 Å². The Morgan fingerprint density at radius 2 is 2.14 bits per heavy atom. The first-order valence-corrected chi connectivity index (χ1v) is 7.90. The molecule has 3 aliphatic rings. The van der Waals surface area contributed by atoms with Crippen LogP contribution >= 0.6 is 0 Å². The first-order chi connectivity index (χ1) is 10.8. The Kier molecular flexibility index (Phi) is 3.51. The van der Waals surface area contributed by atoms with E-state index in [1.807, 2.05) is 6.08 Å². The second-order valence-electron chi connectivity index (χ2n) is 6.19. The monoisotopic (exact) mass is 295 g/mol. The summed E-state index contributed by atoms with van der Waals surface area (Å²) in [6, 6.07) is 10.7. The third kappa shape index (κ3) is 2.46. The van der Waals surface area contributed by atoms with Gasteiger partial charge in [0.2, 0.25) is 0 Å². The van der Waals surface area contributed by atoms with E-state index in [1.165, 1.54) is 11.1 Å². The van der Waals surface area contributed by atoms with Gasteiger partial charge in [-0.05, 0) is 29.2 Å². The fourth-order valence-corrected chi connectivity index (χ4v) is 3.64. The van der Waals surface area contributed by atoms with E-state index < -0.39 is 0 Å². The quantitative estimate of drug-likeness (QED) is 0.854. The minimum absolute atomic E-state index is 0.549. The molecule has 22 heavy (non-hydrogen) atoms. The van der Waals surface area contributed by atoms with E-state index in [1.54, 1.807) is 12.7 Å². The molecule has 1 unspecified atom stereocenters. The first-order valence-electron chi connectivity index (χ1n) is 7.90. The molecule has 0 amide bonds. The summed E-state index contributed by atoms with van der Waals surface area (Å²) in [5.74, 6) is 2.48. The highest BCUT2D eigenvalue weighted by Gasteiger charge is 2.35. The summed E-state index contributed by atoms with van der Waals surface area (Å²) in [7, 11) is 1.71. The molecule has 0 aromatic heterocycles. The standard InChI is InChI=1S/C19H21NO2/c1-21-16-7-8-17-18-12-20(10-14-5-3-2-4-6-14)11-15(18)13-22-19(17)9-16/h2-7,9,15H,8,10-13H2,1H3. The average Bonchev–Trinajstić information content (AvgIpc) is 2.98. The van der Waals surface area contributed by atoms with Crippen LogP contribution in [0.15, 0.2) is 65.1 Å². The van der Waals surface area contributed by atoms with Crippen molar-refractivity contribution in [2.24, 2.45) is 5.92 Å². The number of nitrogens with zero attached hydrogens (tertiary/aromatic N) is 1. The fourth-order valence-electron chi connectivity index (χ4n) is 3.64. The van der Waals surface area contributed by atoms with Gasteiger partial charge in [-0.15, -0.1) is 0 Å². The molecule has 0 spiro atoms. The van der Waals surface area contributed by atoms with E-state index >= 15 is 0 Å². The highest BCUT2D eigenvalue weighted by molar-refractivity contribution is 5.45. The summed E-state index contributed by atoms with van der Waals surface area (Å²) in [5.41, 5.74) is 4.33. The highest BCUT2D eigenvalue weighted by Crippen LogP contribution is 2.39. The van der Waals surface area contributed by atoms with Crippen LogP contribution in [-0.4, -0.2) is 31.7 Å². The van der Waals surface area contributed by atoms with Crippen LogP contribution in [0.25, 0.3) is 0 Å². The molecule has 0 saturated carbocycles. The lowest BCUT2D eigenvalue weighted by Gasteiger charge is -2.27. The lowest BCUT2D eigenvalue weighted by Crippen LogP contribution is -2.22. The minimum atomic E-state index is 0.549. The molecule has 0 bridgehead atoms. The van der Waals surface area contributed by atoms with Gasteiger partial charge in [-0.1, -0.05) is 30.3 Å². The van der Waals surface area contributed by atoms with Crippen molar-refractivity contribution in [1.29, 1.82) is 0 Å². The van der Waals surface area contributed by atoms with Gasteiger partial charge < -0.3 is 9.47 Å². The molecule has 4 rings (SSSR count). The van der Waals surface area contributed by atoms with Gasteiger partial charge in [0.15, 0.2) is 0 Å². The van der Waals surface area contributed by atoms with Gasteiger partial charge in [-0.25, -0.2) is 0 Å².